The molecular formula is C12H21ClN2O4S. The van der Waals surface area contributed by atoms with Crippen molar-refractivity contribution in [3.63, 3.8) is 0 Å². The quantitative estimate of drug-likeness (QED) is 0.767. The summed E-state index contributed by atoms with van der Waals surface area (Å²) >= 11 is 5.90. The van der Waals surface area contributed by atoms with Crippen LogP contribution in [0.3, 0.4) is 0 Å². The van der Waals surface area contributed by atoms with E-state index in [0.29, 0.717) is 6.61 Å². The van der Waals surface area contributed by atoms with Crippen LogP contribution in [0.5, 0.6) is 0 Å². The van der Waals surface area contributed by atoms with E-state index in [1.165, 1.54) is 19.3 Å². The highest BCUT2D eigenvalue weighted by molar-refractivity contribution is 7.91. The lowest BCUT2D eigenvalue weighted by atomic mass is 10.1. The molecule has 0 bridgehead atoms. The number of carbonyl (C=O) groups excluding carboxylic acids is 1. The van der Waals surface area contributed by atoms with Crippen molar-refractivity contribution < 1.29 is 17.9 Å². The zero-order valence-corrected chi connectivity index (χ0v) is 13.0. The predicted octanol–water partition coefficient (Wildman–Crippen LogP) is 0.603. The van der Waals surface area contributed by atoms with Gasteiger partial charge in [0.05, 0.1) is 22.9 Å². The second-order valence-electron chi connectivity index (χ2n) is 5.38. The van der Waals surface area contributed by atoms with Gasteiger partial charge in [0, 0.05) is 6.54 Å². The van der Waals surface area contributed by atoms with E-state index in [0.717, 1.165) is 19.6 Å². The average Bonchev–Trinajstić information content (AvgIpc) is 2.63. The Morgan fingerprint density at radius 1 is 1.25 bits per heavy atom. The lowest BCUT2D eigenvalue weighted by molar-refractivity contribution is 0.118. The van der Waals surface area contributed by atoms with Crippen LogP contribution in [0.4, 0.5) is 4.79 Å². The predicted molar refractivity (Wildman–Crippen MR) is 76.9 cm³/mol. The number of hydrogen-bond donors (Lipinski definition) is 1. The number of likely N-dealkylation sites (tertiary alicyclic amines) is 1. The second-order valence-corrected chi connectivity index (χ2v) is 8.10. The molecule has 6 nitrogen and oxygen atoms in total. The topological polar surface area (TPSA) is 75.7 Å². The molecule has 0 aliphatic carbocycles. The van der Waals surface area contributed by atoms with Gasteiger partial charge in [-0.25, -0.2) is 13.2 Å². The van der Waals surface area contributed by atoms with Crippen LogP contribution in [0.2, 0.25) is 0 Å². The highest BCUT2D eigenvalue weighted by Gasteiger charge is 2.37. The van der Waals surface area contributed by atoms with Crippen LogP contribution in [0.15, 0.2) is 0 Å². The van der Waals surface area contributed by atoms with E-state index >= 15 is 0 Å². The number of ether oxygens (including phenoxy) is 1. The van der Waals surface area contributed by atoms with Gasteiger partial charge in [0.1, 0.15) is 6.61 Å². The number of sulfone groups is 1. The van der Waals surface area contributed by atoms with Gasteiger partial charge in [0.15, 0.2) is 9.84 Å². The van der Waals surface area contributed by atoms with Crippen LogP contribution < -0.4 is 5.32 Å². The molecule has 0 radical (unpaired) electrons. The number of carbonyl (C=O) groups is 1. The van der Waals surface area contributed by atoms with Crippen molar-refractivity contribution in [2.75, 3.05) is 37.7 Å². The van der Waals surface area contributed by atoms with Crippen LogP contribution in [-0.4, -0.2) is 68.6 Å². The van der Waals surface area contributed by atoms with E-state index in [9.17, 15) is 13.2 Å². The van der Waals surface area contributed by atoms with E-state index in [-0.39, 0.29) is 11.5 Å². The molecule has 8 heteroatoms. The van der Waals surface area contributed by atoms with Gasteiger partial charge in [-0.3, -0.25) is 4.90 Å². The zero-order chi connectivity index (χ0) is 14.6. The van der Waals surface area contributed by atoms with Crippen LogP contribution >= 0.6 is 11.6 Å². The van der Waals surface area contributed by atoms with Gasteiger partial charge in [-0.15, -0.1) is 11.6 Å². The number of hydrogen-bond acceptors (Lipinski definition) is 5. The molecule has 0 aromatic rings. The summed E-state index contributed by atoms with van der Waals surface area (Å²) in [5.74, 6) is -0.199. The number of alkyl halides is 1. The number of piperidine rings is 1. The zero-order valence-electron chi connectivity index (χ0n) is 11.4. The minimum atomic E-state index is -3.14. The lowest BCUT2D eigenvalue weighted by Crippen LogP contribution is -2.42. The number of halogens is 1. The average molecular weight is 325 g/mol. The minimum Gasteiger partial charge on any atom is -0.448 e. The van der Waals surface area contributed by atoms with Crippen LogP contribution in [0.1, 0.15) is 19.3 Å². The summed E-state index contributed by atoms with van der Waals surface area (Å²) in [6, 6.07) is -0.552. The SMILES string of the molecule is O=C(N[C@@H]1CS(=O)(=O)C[C@@H]1Cl)OCCN1CCCCC1. The Kier molecular flexibility index (Phi) is 5.51. The Labute approximate surface area is 124 Å². The Balaban J connectivity index is 1.65. The normalized spacial score (nSPS) is 30.1. The van der Waals surface area contributed by atoms with Gasteiger partial charge >= 0.3 is 6.09 Å². The number of nitrogens with zero attached hydrogens (tertiary/aromatic N) is 1. The van der Waals surface area contributed by atoms with E-state index < -0.39 is 27.3 Å². The molecule has 116 valence electrons. The van der Waals surface area contributed by atoms with Gasteiger partial charge < -0.3 is 10.1 Å². The fourth-order valence-corrected chi connectivity index (χ4v) is 5.13. The molecule has 2 aliphatic rings. The Morgan fingerprint density at radius 3 is 2.55 bits per heavy atom. The largest absolute Gasteiger partial charge is 0.448 e. The molecule has 1 amide bonds. The van der Waals surface area contributed by atoms with Crippen LogP contribution in [-0.2, 0) is 14.6 Å². The van der Waals surface area contributed by atoms with Crippen molar-refractivity contribution in [3.8, 4) is 0 Å². The Hall–Kier alpha value is -0.530. The van der Waals surface area contributed by atoms with Crippen molar-refractivity contribution >= 4 is 27.5 Å². The van der Waals surface area contributed by atoms with Crippen molar-refractivity contribution in [1.29, 1.82) is 0 Å². The molecule has 0 aromatic carbocycles. The molecule has 20 heavy (non-hydrogen) atoms. The van der Waals surface area contributed by atoms with Crippen molar-refractivity contribution in [2.24, 2.45) is 0 Å². The standard InChI is InChI=1S/C12H21ClN2O4S/c13-10-8-20(17,18)9-11(10)14-12(16)19-7-6-15-4-2-1-3-5-15/h10-11H,1-9H2,(H,14,16)/t10-,11+/m0/s1. The molecule has 2 fully saturated rings. The van der Waals surface area contributed by atoms with E-state index in [2.05, 4.69) is 10.2 Å². The molecule has 2 aliphatic heterocycles. The summed E-state index contributed by atoms with van der Waals surface area (Å²) < 4.78 is 27.8. The van der Waals surface area contributed by atoms with Gasteiger partial charge in [0.2, 0.25) is 0 Å². The van der Waals surface area contributed by atoms with Gasteiger partial charge in [-0.2, -0.15) is 0 Å². The molecule has 0 spiro atoms. The molecule has 0 unspecified atom stereocenters. The smallest absolute Gasteiger partial charge is 0.407 e. The lowest BCUT2D eigenvalue weighted by Gasteiger charge is -2.26. The molecule has 2 atom stereocenters. The maximum Gasteiger partial charge on any atom is 0.407 e. The number of amides is 1. The van der Waals surface area contributed by atoms with Gasteiger partial charge in [-0.1, -0.05) is 6.42 Å². The summed E-state index contributed by atoms with van der Waals surface area (Å²) in [7, 11) is -3.14. The first-order chi connectivity index (χ1) is 9.46. The summed E-state index contributed by atoms with van der Waals surface area (Å²) in [5, 5.41) is 1.96. The maximum atomic E-state index is 11.6. The minimum absolute atomic E-state index is 0.0900. The van der Waals surface area contributed by atoms with Crippen molar-refractivity contribution in [3.05, 3.63) is 0 Å². The molecule has 0 saturated carbocycles. The van der Waals surface area contributed by atoms with E-state index in [4.69, 9.17) is 16.3 Å². The Bertz CT molecular complexity index is 437. The summed E-state index contributed by atoms with van der Waals surface area (Å²) in [6.07, 6.45) is 3.07. The van der Waals surface area contributed by atoms with E-state index in [1.54, 1.807) is 0 Å². The highest BCUT2D eigenvalue weighted by atomic mass is 35.5. The van der Waals surface area contributed by atoms with E-state index in [1.807, 2.05) is 0 Å². The molecular weight excluding hydrogens is 304 g/mol. The number of nitrogens with one attached hydrogen (secondary N) is 1. The molecule has 2 saturated heterocycles. The Morgan fingerprint density at radius 2 is 1.95 bits per heavy atom. The molecule has 0 aromatic heterocycles. The molecule has 1 N–H and O–H groups in total. The number of rotatable bonds is 4. The second kappa shape index (κ2) is 6.95. The fraction of sp³-hybridized carbons (Fsp3) is 0.917. The fourth-order valence-electron chi connectivity index (χ4n) is 2.58. The highest BCUT2D eigenvalue weighted by Crippen LogP contribution is 2.18. The first-order valence-electron chi connectivity index (χ1n) is 6.96. The van der Waals surface area contributed by atoms with Crippen molar-refractivity contribution in [1.82, 2.24) is 10.2 Å². The summed E-state index contributed by atoms with van der Waals surface area (Å²) in [5.41, 5.74) is 0. The first kappa shape index (κ1) is 15.9. The van der Waals surface area contributed by atoms with Crippen LogP contribution in [0.25, 0.3) is 0 Å². The first-order valence-corrected chi connectivity index (χ1v) is 9.22. The van der Waals surface area contributed by atoms with Crippen LogP contribution in [0, 0.1) is 0 Å². The summed E-state index contributed by atoms with van der Waals surface area (Å²) in [6.45, 7) is 3.14. The monoisotopic (exact) mass is 324 g/mol. The summed E-state index contributed by atoms with van der Waals surface area (Å²) in [4.78, 5) is 13.9. The number of alkyl carbamates (subject to hydrolysis) is 1. The van der Waals surface area contributed by atoms with Gasteiger partial charge in [0.25, 0.3) is 0 Å². The maximum absolute atomic E-state index is 11.6. The third kappa shape index (κ3) is 4.79. The molecule has 2 heterocycles. The third-order valence-electron chi connectivity index (χ3n) is 3.68. The third-order valence-corrected chi connectivity index (χ3v) is 6.05. The van der Waals surface area contributed by atoms with Crippen molar-refractivity contribution in [2.45, 2.75) is 30.7 Å². The molecule has 2 rings (SSSR count). The van der Waals surface area contributed by atoms with Gasteiger partial charge in [-0.05, 0) is 25.9 Å².